The summed E-state index contributed by atoms with van der Waals surface area (Å²) < 4.78 is 27.1. The van der Waals surface area contributed by atoms with E-state index in [-0.39, 0.29) is 21.6 Å². The van der Waals surface area contributed by atoms with Gasteiger partial charge in [-0.05, 0) is 37.8 Å². The molecule has 4 nitrogen and oxygen atoms in total. The Morgan fingerprint density at radius 1 is 1.25 bits per heavy atom. The number of hydrogen-bond acceptors (Lipinski definition) is 3. The molecule has 0 aromatic heterocycles. The zero-order valence-electron chi connectivity index (χ0n) is 11.4. The molecule has 112 valence electrons. The van der Waals surface area contributed by atoms with Gasteiger partial charge in [0.25, 0.3) is 0 Å². The Bertz CT molecular complexity index is 596. The van der Waals surface area contributed by atoms with Crippen LogP contribution in [0.15, 0.2) is 17.0 Å². The third kappa shape index (κ3) is 2.91. The Kier molecular flexibility index (Phi) is 4.54. The van der Waals surface area contributed by atoms with Crippen LogP contribution >= 0.6 is 23.2 Å². The van der Waals surface area contributed by atoms with E-state index in [4.69, 9.17) is 28.9 Å². The predicted octanol–water partition coefficient (Wildman–Crippen LogP) is 3.38. The normalized spacial score (nSPS) is 24.8. The highest BCUT2D eigenvalue weighted by atomic mass is 35.5. The molecule has 2 rings (SSSR count). The smallest absolute Gasteiger partial charge is 0.246 e. The van der Waals surface area contributed by atoms with Crippen molar-refractivity contribution in [1.82, 2.24) is 4.31 Å². The third-order valence-electron chi connectivity index (χ3n) is 3.66. The molecular formula is C13H18Cl2N2O2S. The summed E-state index contributed by atoms with van der Waals surface area (Å²) in [5.74, 6) is 0.327. The van der Waals surface area contributed by atoms with E-state index in [0.717, 1.165) is 12.8 Å². The highest BCUT2D eigenvalue weighted by molar-refractivity contribution is 7.89. The number of sulfonamides is 1. The van der Waals surface area contributed by atoms with E-state index in [0.29, 0.717) is 17.5 Å². The first kappa shape index (κ1) is 15.9. The maximum Gasteiger partial charge on any atom is 0.246 e. The quantitative estimate of drug-likeness (QED) is 0.842. The summed E-state index contributed by atoms with van der Waals surface area (Å²) in [4.78, 5) is -0.0375. The maximum atomic E-state index is 12.8. The number of benzene rings is 1. The lowest BCUT2D eigenvalue weighted by Crippen LogP contribution is -2.45. The monoisotopic (exact) mass is 336 g/mol. The Morgan fingerprint density at radius 3 is 2.50 bits per heavy atom. The van der Waals surface area contributed by atoms with Crippen LogP contribution in [0.3, 0.4) is 0 Å². The topological polar surface area (TPSA) is 63.4 Å². The standard InChI is InChI=1S/C13H18Cl2N2O2S/c1-8-3-4-9(2)17(7-8)20(18,19)13-11(15)5-10(14)6-12(13)16/h5-6,8-9H,3-4,7,16H2,1-2H3. The van der Waals surface area contributed by atoms with E-state index < -0.39 is 10.0 Å². The molecule has 1 aliphatic rings. The first-order valence-electron chi connectivity index (χ1n) is 6.50. The van der Waals surface area contributed by atoms with Crippen LogP contribution in [0.1, 0.15) is 26.7 Å². The minimum Gasteiger partial charge on any atom is -0.398 e. The van der Waals surface area contributed by atoms with E-state index in [2.05, 4.69) is 0 Å². The number of piperidine rings is 1. The highest BCUT2D eigenvalue weighted by Crippen LogP contribution is 2.36. The van der Waals surface area contributed by atoms with Gasteiger partial charge in [-0.25, -0.2) is 8.42 Å². The third-order valence-corrected chi connectivity index (χ3v) is 6.39. The first-order chi connectivity index (χ1) is 9.23. The number of nitrogens with two attached hydrogens (primary N) is 1. The lowest BCUT2D eigenvalue weighted by Gasteiger charge is -2.36. The summed E-state index contributed by atoms with van der Waals surface area (Å²) in [7, 11) is -3.70. The van der Waals surface area contributed by atoms with E-state index in [1.165, 1.54) is 16.4 Å². The molecule has 1 saturated heterocycles. The second kappa shape index (κ2) is 5.72. The average molecular weight is 337 g/mol. The van der Waals surface area contributed by atoms with Crippen LogP contribution in [0.4, 0.5) is 5.69 Å². The molecule has 2 atom stereocenters. The molecule has 7 heteroatoms. The summed E-state index contributed by atoms with van der Waals surface area (Å²) in [5, 5.41) is 0.395. The molecule has 1 heterocycles. The van der Waals surface area contributed by atoms with Gasteiger partial charge in [0.2, 0.25) is 10.0 Å². The van der Waals surface area contributed by atoms with Gasteiger partial charge in [-0.2, -0.15) is 4.31 Å². The first-order valence-corrected chi connectivity index (χ1v) is 8.69. The molecular weight excluding hydrogens is 319 g/mol. The van der Waals surface area contributed by atoms with Crippen molar-refractivity contribution < 1.29 is 8.42 Å². The Balaban J connectivity index is 2.50. The van der Waals surface area contributed by atoms with E-state index in [9.17, 15) is 8.42 Å². The molecule has 1 aromatic carbocycles. The van der Waals surface area contributed by atoms with Crippen molar-refractivity contribution in [2.24, 2.45) is 5.92 Å². The Morgan fingerprint density at radius 2 is 1.90 bits per heavy atom. The summed E-state index contributed by atoms with van der Waals surface area (Å²) in [5.41, 5.74) is 5.91. The largest absolute Gasteiger partial charge is 0.398 e. The second-order valence-corrected chi connectivity index (χ2v) is 8.08. The lowest BCUT2D eigenvalue weighted by molar-refractivity contribution is 0.218. The van der Waals surface area contributed by atoms with Gasteiger partial charge in [-0.1, -0.05) is 30.1 Å². The van der Waals surface area contributed by atoms with Gasteiger partial charge in [-0.3, -0.25) is 0 Å². The fourth-order valence-electron chi connectivity index (χ4n) is 2.55. The van der Waals surface area contributed by atoms with Crippen LogP contribution in [0.5, 0.6) is 0 Å². The van der Waals surface area contributed by atoms with Crippen LogP contribution in [0.2, 0.25) is 10.0 Å². The minimum absolute atomic E-state index is 0.0375. The zero-order chi connectivity index (χ0) is 15.1. The number of nitrogens with zero attached hydrogens (tertiary/aromatic N) is 1. The summed E-state index contributed by atoms with van der Waals surface area (Å²) >= 11 is 11.9. The molecule has 0 amide bonds. The molecule has 20 heavy (non-hydrogen) atoms. The van der Waals surface area contributed by atoms with Crippen molar-refractivity contribution >= 4 is 38.9 Å². The average Bonchev–Trinajstić information content (AvgIpc) is 2.30. The van der Waals surface area contributed by atoms with Crippen LogP contribution < -0.4 is 5.73 Å². The van der Waals surface area contributed by atoms with Crippen molar-refractivity contribution in [3.8, 4) is 0 Å². The molecule has 1 aromatic rings. The molecule has 1 fully saturated rings. The molecule has 2 N–H and O–H groups in total. The summed E-state index contributed by atoms with van der Waals surface area (Å²) in [6, 6.07) is 2.77. The number of halogens is 2. The molecule has 0 bridgehead atoms. The van der Waals surface area contributed by atoms with Gasteiger partial charge in [0.1, 0.15) is 4.90 Å². The summed E-state index contributed by atoms with van der Waals surface area (Å²) in [6.07, 6.45) is 1.86. The minimum atomic E-state index is -3.70. The van der Waals surface area contributed by atoms with E-state index >= 15 is 0 Å². The second-order valence-electron chi connectivity index (χ2n) is 5.41. The highest BCUT2D eigenvalue weighted by Gasteiger charge is 2.36. The van der Waals surface area contributed by atoms with Crippen molar-refractivity contribution in [1.29, 1.82) is 0 Å². The SMILES string of the molecule is CC1CCC(C)N(S(=O)(=O)c2c(N)cc(Cl)cc2Cl)C1. The van der Waals surface area contributed by atoms with Crippen LogP contribution in [-0.4, -0.2) is 25.3 Å². The van der Waals surface area contributed by atoms with Gasteiger partial charge in [0.15, 0.2) is 0 Å². The molecule has 0 saturated carbocycles. The maximum absolute atomic E-state index is 12.8. The fourth-order valence-corrected chi connectivity index (χ4v) is 5.28. The van der Waals surface area contributed by atoms with E-state index in [1.54, 1.807) is 0 Å². The van der Waals surface area contributed by atoms with Gasteiger partial charge in [0, 0.05) is 17.6 Å². The van der Waals surface area contributed by atoms with Crippen LogP contribution in [0.25, 0.3) is 0 Å². The fraction of sp³-hybridized carbons (Fsp3) is 0.538. The Hall–Kier alpha value is -0.490. The zero-order valence-corrected chi connectivity index (χ0v) is 13.8. The van der Waals surface area contributed by atoms with Crippen molar-refractivity contribution in [2.45, 2.75) is 37.6 Å². The molecule has 0 aliphatic carbocycles. The molecule has 1 aliphatic heterocycles. The summed E-state index contributed by atoms with van der Waals surface area (Å²) in [6.45, 7) is 4.44. The predicted molar refractivity (Wildman–Crippen MR) is 82.6 cm³/mol. The van der Waals surface area contributed by atoms with Crippen LogP contribution in [-0.2, 0) is 10.0 Å². The van der Waals surface area contributed by atoms with Gasteiger partial charge in [0.05, 0.1) is 10.7 Å². The van der Waals surface area contributed by atoms with Crippen molar-refractivity contribution in [3.05, 3.63) is 22.2 Å². The van der Waals surface area contributed by atoms with Gasteiger partial charge >= 0.3 is 0 Å². The number of rotatable bonds is 2. The van der Waals surface area contributed by atoms with Gasteiger partial charge in [-0.15, -0.1) is 0 Å². The van der Waals surface area contributed by atoms with Crippen molar-refractivity contribution in [2.75, 3.05) is 12.3 Å². The van der Waals surface area contributed by atoms with Crippen molar-refractivity contribution in [3.63, 3.8) is 0 Å². The lowest BCUT2D eigenvalue weighted by atomic mass is 9.97. The Labute approximate surface area is 129 Å². The van der Waals surface area contributed by atoms with Gasteiger partial charge < -0.3 is 5.73 Å². The molecule has 2 unspecified atom stereocenters. The number of nitrogen functional groups attached to an aromatic ring is 1. The number of hydrogen-bond donors (Lipinski definition) is 1. The molecule has 0 spiro atoms. The number of anilines is 1. The van der Waals surface area contributed by atoms with E-state index in [1.807, 2.05) is 13.8 Å². The molecule has 0 radical (unpaired) electrons. The van der Waals surface area contributed by atoms with Crippen LogP contribution in [0, 0.1) is 5.92 Å².